The molecule has 1 N–H and O–H groups in total. The lowest BCUT2D eigenvalue weighted by atomic mass is 10.0. The van der Waals surface area contributed by atoms with E-state index in [2.05, 4.69) is 28.2 Å². The number of para-hydroxylation sites is 1. The fourth-order valence-electron chi connectivity index (χ4n) is 2.78. The molecule has 0 spiro atoms. The molecule has 1 aromatic heterocycles. The van der Waals surface area contributed by atoms with Crippen molar-refractivity contribution in [3.05, 3.63) is 39.8 Å². The van der Waals surface area contributed by atoms with Crippen molar-refractivity contribution in [2.45, 2.75) is 32.1 Å². The van der Waals surface area contributed by atoms with E-state index in [0.29, 0.717) is 10.6 Å². The zero-order chi connectivity index (χ0) is 13.7. The number of aromatic nitrogens is 2. The minimum absolute atomic E-state index is 0.564. The molecule has 2 aromatic rings. The summed E-state index contributed by atoms with van der Waals surface area (Å²) in [4.78, 5) is 8.04. The summed E-state index contributed by atoms with van der Waals surface area (Å²) < 4.78 is 6.53. The zero-order valence-corrected chi connectivity index (χ0v) is 12.2. The van der Waals surface area contributed by atoms with Crippen molar-refractivity contribution in [1.29, 1.82) is 0 Å². The second-order valence-electron chi connectivity index (χ2n) is 5.59. The molecule has 0 atom stereocenters. The first-order chi connectivity index (χ1) is 9.74. The molecule has 1 aromatic carbocycles. The Morgan fingerprint density at radius 2 is 2.20 bits per heavy atom. The summed E-state index contributed by atoms with van der Waals surface area (Å²) in [6.45, 7) is 2.80. The molecule has 0 unspecified atom stereocenters. The van der Waals surface area contributed by atoms with Crippen molar-refractivity contribution in [3.63, 3.8) is 0 Å². The van der Waals surface area contributed by atoms with Crippen LogP contribution in [0.1, 0.15) is 35.7 Å². The summed E-state index contributed by atoms with van der Waals surface area (Å²) in [5, 5.41) is 0. The van der Waals surface area contributed by atoms with E-state index in [4.69, 9.17) is 17.0 Å². The van der Waals surface area contributed by atoms with Gasteiger partial charge >= 0.3 is 0 Å². The van der Waals surface area contributed by atoms with E-state index in [1.165, 1.54) is 18.4 Å². The Morgan fingerprint density at radius 1 is 1.35 bits per heavy atom. The molecule has 0 radical (unpaired) electrons. The number of hydrogen-bond donors (Lipinski definition) is 1. The SMILES string of the molecule is Cc1c(-c2cccc3c2OCC3)[nH]c(C2CC2)nc1=S. The minimum atomic E-state index is 0.564. The summed E-state index contributed by atoms with van der Waals surface area (Å²) in [5.41, 5.74) is 4.51. The molecular formula is C16H16N2OS. The lowest BCUT2D eigenvalue weighted by Crippen LogP contribution is -2.00. The molecule has 0 amide bonds. The van der Waals surface area contributed by atoms with E-state index >= 15 is 0 Å². The van der Waals surface area contributed by atoms with Crippen molar-refractivity contribution < 1.29 is 4.74 Å². The highest BCUT2D eigenvalue weighted by molar-refractivity contribution is 7.71. The molecule has 1 saturated carbocycles. The highest BCUT2D eigenvalue weighted by Crippen LogP contribution is 2.41. The van der Waals surface area contributed by atoms with E-state index in [1.807, 2.05) is 6.92 Å². The van der Waals surface area contributed by atoms with Crippen molar-refractivity contribution in [1.82, 2.24) is 9.97 Å². The van der Waals surface area contributed by atoms with Gasteiger partial charge in [0.15, 0.2) is 0 Å². The van der Waals surface area contributed by atoms with Crippen molar-refractivity contribution in [3.8, 4) is 17.0 Å². The van der Waals surface area contributed by atoms with Gasteiger partial charge in [0.05, 0.1) is 12.3 Å². The summed E-state index contributed by atoms with van der Waals surface area (Å²) in [6.07, 6.45) is 3.41. The van der Waals surface area contributed by atoms with Crippen LogP contribution in [0.3, 0.4) is 0 Å². The molecular weight excluding hydrogens is 268 g/mol. The summed E-state index contributed by atoms with van der Waals surface area (Å²) in [7, 11) is 0. The third-order valence-corrected chi connectivity index (χ3v) is 4.52. The molecule has 1 fully saturated rings. The van der Waals surface area contributed by atoms with Crippen LogP contribution in [0.25, 0.3) is 11.3 Å². The standard InChI is InChI=1S/C16H16N2OS/c1-9-13(17-15(11-5-6-11)18-16(9)20)12-4-2-3-10-7-8-19-14(10)12/h2-4,11H,5-8H2,1H3,(H,17,18,20). The Bertz CT molecular complexity index is 747. The maximum Gasteiger partial charge on any atom is 0.133 e. The molecule has 4 heteroatoms. The summed E-state index contributed by atoms with van der Waals surface area (Å²) in [6, 6.07) is 6.34. The Balaban J connectivity index is 1.94. The Kier molecular flexibility index (Phi) is 2.67. The van der Waals surface area contributed by atoms with Gasteiger partial charge < -0.3 is 9.72 Å². The molecule has 1 aliphatic heterocycles. The molecule has 20 heavy (non-hydrogen) atoms. The molecule has 0 saturated heterocycles. The van der Waals surface area contributed by atoms with Crippen LogP contribution in [0, 0.1) is 11.6 Å². The zero-order valence-electron chi connectivity index (χ0n) is 11.4. The van der Waals surface area contributed by atoms with Crippen LogP contribution in [0.4, 0.5) is 0 Å². The van der Waals surface area contributed by atoms with Crippen molar-refractivity contribution in [2.75, 3.05) is 6.61 Å². The van der Waals surface area contributed by atoms with Gasteiger partial charge in [0.1, 0.15) is 16.2 Å². The van der Waals surface area contributed by atoms with Crippen LogP contribution in [-0.4, -0.2) is 16.6 Å². The number of H-pyrrole nitrogens is 1. The van der Waals surface area contributed by atoms with Gasteiger partial charge in [-0.3, -0.25) is 0 Å². The number of fused-ring (bicyclic) bond motifs is 1. The van der Waals surface area contributed by atoms with E-state index in [9.17, 15) is 0 Å². The topological polar surface area (TPSA) is 37.9 Å². The monoisotopic (exact) mass is 284 g/mol. The third kappa shape index (κ3) is 1.86. The average Bonchev–Trinajstić information content (AvgIpc) is 3.19. The Morgan fingerprint density at radius 3 is 3.00 bits per heavy atom. The van der Waals surface area contributed by atoms with Gasteiger partial charge in [-0.2, -0.15) is 0 Å². The minimum Gasteiger partial charge on any atom is -0.492 e. The Labute approximate surface area is 123 Å². The van der Waals surface area contributed by atoms with Crippen LogP contribution in [0.5, 0.6) is 5.75 Å². The van der Waals surface area contributed by atoms with Gasteiger partial charge in [-0.15, -0.1) is 0 Å². The fourth-order valence-corrected chi connectivity index (χ4v) is 2.98. The number of nitrogens with zero attached hydrogens (tertiary/aromatic N) is 1. The number of rotatable bonds is 2. The van der Waals surface area contributed by atoms with Gasteiger partial charge in [-0.25, -0.2) is 4.98 Å². The molecule has 0 bridgehead atoms. The number of benzene rings is 1. The van der Waals surface area contributed by atoms with E-state index < -0.39 is 0 Å². The first kappa shape index (κ1) is 12.1. The van der Waals surface area contributed by atoms with Crippen LogP contribution >= 0.6 is 12.2 Å². The second kappa shape index (κ2) is 4.42. The highest BCUT2D eigenvalue weighted by Gasteiger charge is 2.27. The maximum atomic E-state index is 5.82. The number of aromatic amines is 1. The fraction of sp³-hybridized carbons (Fsp3) is 0.375. The summed E-state index contributed by atoms with van der Waals surface area (Å²) in [5.74, 6) is 2.61. The van der Waals surface area contributed by atoms with Crippen molar-refractivity contribution in [2.24, 2.45) is 0 Å². The summed E-state index contributed by atoms with van der Waals surface area (Å²) >= 11 is 5.43. The smallest absolute Gasteiger partial charge is 0.133 e. The number of nitrogens with one attached hydrogen (secondary N) is 1. The third-order valence-electron chi connectivity index (χ3n) is 4.12. The second-order valence-corrected chi connectivity index (χ2v) is 5.98. The molecule has 102 valence electrons. The van der Waals surface area contributed by atoms with Gasteiger partial charge in [-0.1, -0.05) is 24.4 Å². The molecule has 2 heterocycles. The van der Waals surface area contributed by atoms with E-state index in [-0.39, 0.29) is 0 Å². The predicted octanol–water partition coefficient (Wildman–Crippen LogP) is 3.93. The Hall–Kier alpha value is -1.68. The highest BCUT2D eigenvalue weighted by atomic mass is 32.1. The largest absolute Gasteiger partial charge is 0.492 e. The predicted molar refractivity (Wildman–Crippen MR) is 80.8 cm³/mol. The lowest BCUT2D eigenvalue weighted by molar-refractivity contribution is 0.358. The van der Waals surface area contributed by atoms with Gasteiger partial charge in [0.2, 0.25) is 0 Å². The van der Waals surface area contributed by atoms with Crippen LogP contribution in [-0.2, 0) is 6.42 Å². The normalized spacial score (nSPS) is 16.9. The van der Waals surface area contributed by atoms with Gasteiger partial charge in [0.25, 0.3) is 0 Å². The number of ether oxygens (including phenoxy) is 1. The maximum absolute atomic E-state index is 5.82. The van der Waals surface area contributed by atoms with Crippen LogP contribution < -0.4 is 4.74 Å². The van der Waals surface area contributed by atoms with Crippen LogP contribution in [0.2, 0.25) is 0 Å². The molecule has 1 aliphatic carbocycles. The van der Waals surface area contributed by atoms with Crippen molar-refractivity contribution >= 4 is 12.2 Å². The number of hydrogen-bond acceptors (Lipinski definition) is 3. The first-order valence-electron chi connectivity index (χ1n) is 7.10. The molecule has 4 rings (SSSR count). The van der Waals surface area contributed by atoms with Crippen LogP contribution in [0.15, 0.2) is 18.2 Å². The lowest BCUT2D eigenvalue weighted by Gasteiger charge is -2.12. The first-order valence-corrected chi connectivity index (χ1v) is 7.51. The quantitative estimate of drug-likeness (QED) is 0.849. The van der Waals surface area contributed by atoms with E-state index in [1.54, 1.807) is 0 Å². The van der Waals surface area contributed by atoms with Gasteiger partial charge in [-0.05, 0) is 31.4 Å². The van der Waals surface area contributed by atoms with Gasteiger partial charge in [0, 0.05) is 23.5 Å². The average molecular weight is 284 g/mol. The van der Waals surface area contributed by atoms with E-state index in [0.717, 1.165) is 41.4 Å². The molecule has 2 aliphatic rings. The molecule has 3 nitrogen and oxygen atoms in total.